The van der Waals surface area contributed by atoms with Gasteiger partial charge in [-0.25, -0.2) is 8.42 Å². The highest BCUT2D eigenvalue weighted by molar-refractivity contribution is 7.89. The Labute approximate surface area is 126 Å². The van der Waals surface area contributed by atoms with Gasteiger partial charge in [0.2, 0.25) is 10.0 Å². The molecule has 1 N–H and O–H groups in total. The maximum Gasteiger partial charge on any atom is 0.243 e. The molecule has 2 rings (SSSR count). The number of sulfonamides is 1. The van der Waals surface area contributed by atoms with Gasteiger partial charge in [0.05, 0.1) is 4.90 Å². The summed E-state index contributed by atoms with van der Waals surface area (Å²) in [6.07, 6.45) is 1.98. The average Bonchev–Trinajstić information content (AvgIpc) is 2.91. The zero-order valence-electron chi connectivity index (χ0n) is 11.9. The number of benzene rings is 1. The number of rotatable bonds is 5. The molecule has 112 valence electrons. The zero-order valence-corrected chi connectivity index (χ0v) is 13.5. The average molecular weight is 317 g/mol. The summed E-state index contributed by atoms with van der Waals surface area (Å²) in [4.78, 5) is 0.337. The van der Waals surface area contributed by atoms with E-state index in [4.69, 9.17) is 11.6 Å². The van der Waals surface area contributed by atoms with Crippen LogP contribution in [0.1, 0.15) is 25.3 Å². The van der Waals surface area contributed by atoms with E-state index in [1.165, 1.54) is 0 Å². The fraction of sp³-hybridized carbons (Fsp3) is 0.571. The summed E-state index contributed by atoms with van der Waals surface area (Å²) in [7, 11) is -1.58. The lowest BCUT2D eigenvalue weighted by atomic mass is 10.1. The summed E-state index contributed by atoms with van der Waals surface area (Å²) < 4.78 is 26.8. The Morgan fingerprint density at radius 3 is 2.80 bits per heavy atom. The SMILES string of the molecule is CCC1CCN(S(=O)(=O)c2ccc(Cl)c(CNC)c2)C1. The van der Waals surface area contributed by atoms with E-state index in [1.807, 2.05) is 7.05 Å². The van der Waals surface area contributed by atoms with Gasteiger partial charge in [-0.05, 0) is 43.1 Å². The molecule has 1 aliphatic heterocycles. The molecule has 0 radical (unpaired) electrons. The predicted molar refractivity (Wildman–Crippen MR) is 81.4 cm³/mol. The molecule has 20 heavy (non-hydrogen) atoms. The van der Waals surface area contributed by atoms with Crippen molar-refractivity contribution in [2.24, 2.45) is 5.92 Å². The Bertz CT molecular complexity index is 575. The van der Waals surface area contributed by atoms with Crippen LogP contribution < -0.4 is 5.32 Å². The van der Waals surface area contributed by atoms with Crippen molar-refractivity contribution in [1.29, 1.82) is 0 Å². The van der Waals surface area contributed by atoms with Crippen LogP contribution in [-0.2, 0) is 16.6 Å². The number of nitrogens with one attached hydrogen (secondary N) is 1. The van der Waals surface area contributed by atoms with E-state index in [-0.39, 0.29) is 0 Å². The normalized spacial score (nSPS) is 20.4. The number of hydrogen-bond donors (Lipinski definition) is 1. The number of nitrogens with zero attached hydrogens (tertiary/aromatic N) is 1. The van der Waals surface area contributed by atoms with Crippen LogP contribution in [0.25, 0.3) is 0 Å². The van der Waals surface area contributed by atoms with Gasteiger partial charge in [0.15, 0.2) is 0 Å². The molecule has 0 aromatic heterocycles. The van der Waals surface area contributed by atoms with Crippen LogP contribution in [0.2, 0.25) is 5.02 Å². The van der Waals surface area contributed by atoms with Crippen molar-refractivity contribution < 1.29 is 8.42 Å². The highest BCUT2D eigenvalue weighted by atomic mass is 35.5. The van der Waals surface area contributed by atoms with Gasteiger partial charge in [-0.2, -0.15) is 4.31 Å². The van der Waals surface area contributed by atoms with Crippen LogP contribution >= 0.6 is 11.6 Å². The molecule has 1 aromatic rings. The quantitative estimate of drug-likeness (QED) is 0.908. The molecule has 1 atom stereocenters. The van der Waals surface area contributed by atoms with Crippen molar-refractivity contribution in [1.82, 2.24) is 9.62 Å². The van der Waals surface area contributed by atoms with Gasteiger partial charge in [0.1, 0.15) is 0 Å². The van der Waals surface area contributed by atoms with Gasteiger partial charge in [0.25, 0.3) is 0 Å². The Hall–Kier alpha value is -0.620. The first-order valence-electron chi connectivity index (χ1n) is 6.92. The van der Waals surface area contributed by atoms with Crippen molar-refractivity contribution >= 4 is 21.6 Å². The second-order valence-electron chi connectivity index (χ2n) is 5.21. The Kier molecular flexibility index (Phi) is 5.07. The van der Waals surface area contributed by atoms with Crippen molar-refractivity contribution in [2.45, 2.75) is 31.2 Å². The topological polar surface area (TPSA) is 49.4 Å². The lowest BCUT2D eigenvalue weighted by Crippen LogP contribution is -2.29. The Morgan fingerprint density at radius 1 is 1.45 bits per heavy atom. The summed E-state index contributed by atoms with van der Waals surface area (Å²) in [5.41, 5.74) is 0.807. The third-order valence-corrected chi connectivity index (χ3v) is 6.08. The molecule has 0 amide bonds. The molecule has 1 saturated heterocycles. The third kappa shape index (κ3) is 3.17. The van der Waals surface area contributed by atoms with E-state index in [0.29, 0.717) is 35.5 Å². The van der Waals surface area contributed by atoms with E-state index >= 15 is 0 Å². The van der Waals surface area contributed by atoms with Gasteiger partial charge in [0, 0.05) is 24.7 Å². The molecule has 1 unspecified atom stereocenters. The highest BCUT2D eigenvalue weighted by Crippen LogP contribution is 2.28. The van der Waals surface area contributed by atoms with Gasteiger partial charge in [-0.15, -0.1) is 0 Å². The van der Waals surface area contributed by atoms with Gasteiger partial charge >= 0.3 is 0 Å². The maximum absolute atomic E-state index is 12.6. The van der Waals surface area contributed by atoms with E-state index in [0.717, 1.165) is 18.4 Å². The summed E-state index contributed by atoms with van der Waals surface area (Å²) >= 11 is 6.08. The minimum absolute atomic E-state index is 0.337. The molecule has 1 fully saturated rings. The molecular weight excluding hydrogens is 296 g/mol. The van der Waals surface area contributed by atoms with Crippen molar-refractivity contribution in [3.63, 3.8) is 0 Å². The third-order valence-electron chi connectivity index (χ3n) is 3.85. The second kappa shape index (κ2) is 6.43. The fourth-order valence-corrected chi connectivity index (χ4v) is 4.30. The van der Waals surface area contributed by atoms with Crippen LogP contribution in [0, 0.1) is 5.92 Å². The standard InChI is InChI=1S/C14H21ClN2O2S/c1-3-11-6-7-17(10-11)20(18,19)13-4-5-14(15)12(8-13)9-16-2/h4-5,8,11,16H,3,6-7,9-10H2,1-2H3. The first kappa shape index (κ1) is 15.8. The Morgan fingerprint density at radius 2 is 2.20 bits per heavy atom. The first-order chi connectivity index (χ1) is 9.48. The van der Waals surface area contributed by atoms with Crippen LogP contribution in [-0.4, -0.2) is 32.9 Å². The molecular formula is C14H21ClN2O2S. The first-order valence-corrected chi connectivity index (χ1v) is 8.74. The lowest BCUT2D eigenvalue weighted by molar-refractivity contribution is 0.453. The fourth-order valence-electron chi connectivity index (χ4n) is 2.54. The van der Waals surface area contributed by atoms with Gasteiger partial charge in [-0.1, -0.05) is 24.9 Å². The van der Waals surface area contributed by atoms with E-state index in [9.17, 15) is 8.42 Å². The molecule has 0 saturated carbocycles. The molecule has 1 aromatic carbocycles. The highest BCUT2D eigenvalue weighted by Gasteiger charge is 2.31. The van der Waals surface area contributed by atoms with E-state index in [1.54, 1.807) is 22.5 Å². The maximum atomic E-state index is 12.6. The molecule has 0 bridgehead atoms. The monoisotopic (exact) mass is 316 g/mol. The van der Waals surface area contributed by atoms with Crippen LogP contribution in [0.3, 0.4) is 0 Å². The number of halogens is 1. The predicted octanol–water partition coefficient (Wildman–Crippen LogP) is 2.48. The lowest BCUT2D eigenvalue weighted by Gasteiger charge is -2.17. The minimum Gasteiger partial charge on any atom is -0.316 e. The Balaban J connectivity index is 2.28. The smallest absolute Gasteiger partial charge is 0.243 e. The zero-order chi connectivity index (χ0) is 14.8. The molecule has 0 spiro atoms. The summed E-state index contributed by atoms with van der Waals surface area (Å²) in [5, 5.41) is 3.59. The largest absolute Gasteiger partial charge is 0.316 e. The van der Waals surface area contributed by atoms with Crippen LogP contribution in [0.5, 0.6) is 0 Å². The molecule has 1 aliphatic rings. The summed E-state index contributed by atoms with van der Waals surface area (Å²) in [5.74, 6) is 0.480. The molecule has 4 nitrogen and oxygen atoms in total. The summed E-state index contributed by atoms with van der Waals surface area (Å²) in [6, 6.07) is 4.93. The molecule has 6 heteroatoms. The van der Waals surface area contributed by atoms with Crippen LogP contribution in [0.4, 0.5) is 0 Å². The minimum atomic E-state index is -3.39. The van der Waals surface area contributed by atoms with Crippen molar-refractivity contribution in [3.8, 4) is 0 Å². The van der Waals surface area contributed by atoms with Crippen LogP contribution in [0.15, 0.2) is 23.1 Å². The molecule has 1 heterocycles. The van der Waals surface area contributed by atoms with Crippen molar-refractivity contribution in [3.05, 3.63) is 28.8 Å². The number of hydrogen-bond acceptors (Lipinski definition) is 3. The molecule has 0 aliphatic carbocycles. The van der Waals surface area contributed by atoms with E-state index < -0.39 is 10.0 Å². The summed E-state index contributed by atoms with van der Waals surface area (Å²) in [6.45, 7) is 3.90. The van der Waals surface area contributed by atoms with Crippen molar-refractivity contribution in [2.75, 3.05) is 20.1 Å². The van der Waals surface area contributed by atoms with Gasteiger partial charge < -0.3 is 5.32 Å². The van der Waals surface area contributed by atoms with E-state index in [2.05, 4.69) is 12.2 Å². The second-order valence-corrected chi connectivity index (χ2v) is 7.55. The van der Waals surface area contributed by atoms with Gasteiger partial charge in [-0.3, -0.25) is 0 Å².